The number of anilines is 1. The van der Waals surface area contributed by atoms with Crippen LogP contribution in [-0.2, 0) is 5.41 Å². The number of nitrogens with one attached hydrogen (secondary N) is 2. The fraction of sp³-hybridized carbons (Fsp3) is 0.286. The molecule has 7 nitrogen and oxygen atoms in total. The molecule has 0 unspecified atom stereocenters. The number of carbonyl (C=O) groups excluding carboxylic acids is 1. The molecule has 2 N–H and O–H groups in total. The molecule has 0 aliphatic heterocycles. The van der Waals surface area contributed by atoms with E-state index in [0.717, 1.165) is 0 Å². The Kier molecular flexibility index (Phi) is 5.35. The molecule has 3 aromatic rings. The molecule has 0 radical (unpaired) electrons. The minimum Gasteiger partial charge on any atom is -0.355 e. The largest absolute Gasteiger partial charge is 0.355 e. The molecular weight excluding hydrogens is 390 g/mol. The molecule has 1 aliphatic carbocycles. The number of hydrogen-bond donors (Lipinski definition) is 2. The van der Waals surface area contributed by atoms with Crippen molar-refractivity contribution in [3.05, 3.63) is 66.1 Å². The average molecular weight is 410 g/mol. The molecule has 1 saturated carbocycles. The van der Waals surface area contributed by atoms with Crippen LogP contribution in [0.2, 0.25) is 0 Å². The van der Waals surface area contributed by atoms with Crippen LogP contribution in [0.15, 0.2) is 49.1 Å². The number of carbonyl (C=O) groups is 1. The molecule has 3 aromatic heterocycles. The Bertz CT molecular complexity index is 1050. The maximum absolute atomic E-state index is 14.2. The van der Waals surface area contributed by atoms with Crippen LogP contribution >= 0.6 is 0 Å². The minimum atomic E-state index is -0.977. The smallest absolute Gasteiger partial charge is 0.251 e. The molecule has 0 spiro atoms. The number of amides is 1. The Morgan fingerprint density at radius 3 is 2.60 bits per heavy atom. The lowest BCUT2D eigenvalue weighted by atomic mass is 9.65. The predicted octanol–water partition coefficient (Wildman–Crippen LogP) is 2.91. The summed E-state index contributed by atoms with van der Waals surface area (Å²) in [5.74, 6) is -0.319. The van der Waals surface area contributed by atoms with Crippen molar-refractivity contribution in [3.63, 3.8) is 0 Å². The molecule has 3 heterocycles. The average Bonchev–Trinajstić information content (AvgIpc) is 2.76. The summed E-state index contributed by atoms with van der Waals surface area (Å²) < 4.78 is 27.9. The molecule has 0 bridgehead atoms. The van der Waals surface area contributed by atoms with Crippen LogP contribution in [0.3, 0.4) is 0 Å². The van der Waals surface area contributed by atoms with Crippen molar-refractivity contribution in [1.29, 1.82) is 0 Å². The normalized spacial score (nSPS) is 20.3. The zero-order chi connectivity index (χ0) is 21.1. The third-order valence-corrected chi connectivity index (χ3v) is 5.27. The molecule has 30 heavy (non-hydrogen) atoms. The van der Waals surface area contributed by atoms with Crippen molar-refractivity contribution >= 4 is 11.9 Å². The van der Waals surface area contributed by atoms with Gasteiger partial charge in [0.1, 0.15) is 12.0 Å². The number of rotatable bonds is 6. The molecule has 0 aromatic carbocycles. The van der Waals surface area contributed by atoms with Gasteiger partial charge in [-0.15, -0.1) is 0 Å². The highest BCUT2D eigenvalue weighted by molar-refractivity contribution is 5.94. The molecule has 1 aliphatic rings. The Balaban J connectivity index is 1.49. The first-order valence-electron chi connectivity index (χ1n) is 9.50. The summed E-state index contributed by atoms with van der Waals surface area (Å²) in [6.45, 7) is 0.269. The second kappa shape index (κ2) is 8.10. The number of nitrogens with zero attached hydrogens (tertiary/aromatic N) is 4. The van der Waals surface area contributed by atoms with Gasteiger partial charge in [-0.25, -0.2) is 18.7 Å². The van der Waals surface area contributed by atoms with Crippen LogP contribution < -0.4 is 10.6 Å². The summed E-state index contributed by atoms with van der Waals surface area (Å²) in [4.78, 5) is 28.7. The first-order valence-corrected chi connectivity index (χ1v) is 9.50. The van der Waals surface area contributed by atoms with Gasteiger partial charge in [-0.2, -0.15) is 0 Å². The summed E-state index contributed by atoms with van der Waals surface area (Å²) in [6, 6.07) is 6.12. The van der Waals surface area contributed by atoms with Crippen molar-refractivity contribution in [1.82, 2.24) is 25.3 Å². The number of pyridine rings is 2. The van der Waals surface area contributed by atoms with Crippen molar-refractivity contribution < 1.29 is 13.6 Å². The Labute approximate surface area is 172 Å². The van der Waals surface area contributed by atoms with E-state index in [1.165, 1.54) is 18.3 Å². The zero-order valence-electron chi connectivity index (χ0n) is 16.3. The predicted molar refractivity (Wildman–Crippen MR) is 107 cm³/mol. The van der Waals surface area contributed by atoms with Crippen molar-refractivity contribution in [2.75, 3.05) is 18.9 Å². The van der Waals surface area contributed by atoms with Gasteiger partial charge in [0.25, 0.3) is 5.91 Å². The van der Waals surface area contributed by atoms with Crippen molar-refractivity contribution in [2.45, 2.75) is 24.4 Å². The fourth-order valence-electron chi connectivity index (χ4n) is 3.66. The van der Waals surface area contributed by atoms with Gasteiger partial charge >= 0.3 is 0 Å². The highest BCUT2D eigenvalue weighted by Gasteiger charge is 2.48. The number of aromatic nitrogens is 4. The maximum atomic E-state index is 14.2. The maximum Gasteiger partial charge on any atom is 0.251 e. The molecule has 1 fully saturated rings. The lowest BCUT2D eigenvalue weighted by molar-refractivity contribution is 0.0958. The summed E-state index contributed by atoms with van der Waals surface area (Å²) in [5.41, 5.74) is 1.22. The zero-order valence-corrected chi connectivity index (χ0v) is 16.3. The van der Waals surface area contributed by atoms with Crippen LogP contribution in [0.4, 0.5) is 14.7 Å². The van der Waals surface area contributed by atoms with Crippen LogP contribution in [0, 0.1) is 5.82 Å². The lowest BCUT2D eigenvalue weighted by Crippen LogP contribution is -2.49. The van der Waals surface area contributed by atoms with Crippen LogP contribution in [0.25, 0.3) is 11.3 Å². The van der Waals surface area contributed by atoms with Crippen molar-refractivity contribution in [3.8, 4) is 11.3 Å². The first-order chi connectivity index (χ1) is 14.5. The van der Waals surface area contributed by atoms with Gasteiger partial charge in [0, 0.05) is 54.9 Å². The first kappa shape index (κ1) is 19.8. The van der Waals surface area contributed by atoms with Crippen molar-refractivity contribution in [2.24, 2.45) is 0 Å². The van der Waals surface area contributed by atoms with E-state index in [9.17, 15) is 13.6 Å². The van der Waals surface area contributed by atoms with Crippen LogP contribution in [0.1, 0.15) is 28.9 Å². The fourth-order valence-corrected chi connectivity index (χ4v) is 3.66. The van der Waals surface area contributed by atoms with Gasteiger partial charge in [0.05, 0.1) is 11.4 Å². The monoisotopic (exact) mass is 410 g/mol. The number of halogens is 2. The number of alkyl halides is 1. The third kappa shape index (κ3) is 3.83. The van der Waals surface area contributed by atoms with E-state index in [4.69, 9.17) is 0 Å². The Morgan fingerprint density at radius 1 is 1.17 bits per heavy atom. The van der Waals surface area contributed by atoms with Gasteiger partial charge < -0.3 is 10.6 Å². The van der Waals surface area contributed by atoms with Gasteiger partial charge in [-0.3, -0.25) is 14.8 Å². The van der Waals surface area contributed by atoms with Gasteiger partial charge in [-0.1, -0.05) is 0 Å². The molecule has 4 rings (SSSR count). The minimum absolute atomic E-state index is 0.197. The molecule has 154 valence electrons. The second-order valence-electron chi connectivity index (χ2n) is 7.28. The number of hydrogen-bond acceptors (Lipinski definition) is 6. The summed E-state index contributed by atoms with van der Waals surface area (Å²) in [6.07, 6.45) is 5.63. The molecular formula is C21H20F2N6O. The molecule has 0 atom stereocenters. The van der Waals surface area contributed by atoms with E-state index in [2.05, 4.69) is 30.6 Å². The van der Waals surface area contributed by atoms with E-state index in [0.29, 0.717) is 22.8 Å². The van der Waals surface area contributed by atoms with E-state index < -0.39 is 17.4 Å². The molecule has 0 saturated heterocycles. The van der Waals surface area contributed by atoms with E-state index in [-0.39, 0.29) is 31.0 Å². The Morgan fingerprint density at radius 2 is 1.93 bits per heavy atom. The highest BCUT2D eigenvalue weighted by Crippen LogP contribution is 2.45. The standard InChI is InChI=1S/C21H20F2N6O/c1-24-19(30)13-4-6-25-17(7-13)14-10-27-20(28-11-14)29-12-21(8-15(22)9-21)18-16(23)3-2-5-26-18/h2-7,10-11,15H,8-9,12H2,1H3,(H,24,30)(H,27,28,29)/t15-,21-. The SMILES string of the molecule is CNC(=O)c1ccnc(-c2cnc(NC[C@]3(c4ncccc4F)C[C@H](F)C3)nc2)c1. The Hall–Kier alpha value is -3.49. The van der Waals surface area contributed by atoms with Crippen LogP contribution in [0.5, 0.6) is 0 Å². The lowest BCUT2D eigenvalue weighted by Gasteiger charge is -2.43. The molecule has 1 amide bonds. The summed E-state index contributed by atoms with van der Waals surface area (Å²) >= 11 is 0. The van der Waals surface area contributed by atoms with Gasteiger partial charge in [-0.05, 0) is 37.1 Å². The van der Waals surface area contributed by atoms with E-state index in [1.54, 1.807) is 37.8 Å². The van der Waals surface area contributed by atoms with Gasteiger partial charge in [0.15, 0.2) is 0 Å². The van der Waals surface area contributed by atoms with Gasteiger partial charge in [0.2, 0.25) is 5.95 Å². The quantitative estimate of drug-likeness (QED) is 0.649. The molecule has 9 heteroatoms. The summed E-state index contributed by atoms with van der Waals surface area (Å²) in [7, 11) is 1.56. The highest BCUT2D eigenvalue weighted by atomic mass is 19.1. The van der Waals surface area contributed by atoms with E-state index >= 15 is 0 Å². The summed E-state index contributed by atoms with van der Waals surface area (Å²) in [5, 5.41) is 5.64. The topological polar surface area (TPSA) is 92.7 Å². The third-order valence-electron chi connectivity index (χ3n) is 5.27. The van der Waals surface area contributed by atoms with E-state index in [1.807, 2.05) is 0 Å². The van der Waals surface area contributed by atoms with Crippen LogP contribution in [-0.4, -0.2) is 45.6 Å². The second-order valence-corrected chi connectivity index (χ2v) is 7.28.